The van der Waals surface area contributed by atoms with E-state index < -0.39 is 0 Å². The third kappa shape index (κ3) is 3.55. The summed E-state index contributed by atoms with van der Waals surface area (Å²) in [4.78, 5) is 14.5. The Kier molecular flexibility index (Phi) is 4.56. The summed E-state index contributed by atoms with van der Waals surface area (Å²) in [5.74, 6) is 0.0496. The number of carbonyl (C=O) groups is 1. The Morgan fingerprint density at radius 3 is 2.74 bits per heavy atom. The van der Waals surface area contributed by atoms with E-state index in [0.717, 1.165) is 25.1 Å². The summed E-state index contributed by atoms with van der Waals surface area (Å²) in [6, 6.07) is 10.1. The summed E-state index contributed by atoms with van der Waals surface area (Å²) < 4.78 is 0. The number of piperidine rings is 1. The van der Waals surface area contributed by atoms with Gasteiger partial charge in [-0.2, -0.15) is 0 Å². The maximum Gasteiger partial charge on any atom is 0.241 e. The number of benzene rings is 1. The lowest BCUT2D eigenvalue weighted by Gasteiger charge is -2.39. The average Bonchev–Trinajstić information content (AvgIpc) is 2.39. The molecule has 1 amide bonds. The largest absolute Gasteiger partial charge is 0.328 e. The van der Waals surface area contributed by atoms with Crippen molar-refractivity contribution in [3.05, 3.63) is 30.3 Å². The van der Waals surface area contributed by atoms with Crippen LogP contribution in [0.15, 0.2) is 30.3 Å². The summed E-state index contributed by atoms with van der Waals surface area (Å²) in [7, 11) is 0. The predicted molar refractivity (Wildman–Crippen MR) is 77.9 cm³/mol. The molecule has 0 aliphatic carbocycles. The van der Waals surface area contributed by atoms with Crippen molar-refractivity contribution < 1.29 is 4.79 Å². The number of nitrogens with two attached hydrogens (primary N) is 1. The molecule has 1 fully saturated rings. The van der Waals surface area contributed by atoms with Gasteiger partial charge in [0.2, 0.25) is 5.91 Å². The van der Waals surface area contributed by atoms with Crippen LogP contribution in [0.2, 0.25) is 0 Å². The van der Waals surface area contributed by atoms with Crippen molar-refractivity contribution in [3.63, 3.8) is 0 Å². The van der Waals surface area contributed by atoms with Gasteiger partial charge in [-0.15, -0.1) is 0 Å². The molecule has 3 unspecified atom stereocenters. The number of rotatable bonds is 3. The van der Waals surface area contributed by atoms with Crippen LogP contribution in [0, 0.1) is 0 Å². The molecule has 19 heavy (non-hydrogen) atoms. The molecule has 1 aromatic rings. The summed E-state index contributed by atoms with van der Waals surface area (Å²) in [5, 5.41) is 2.96. The molecule has 0 saturated carbocycles. The van der Waals surface area contributed by atoms with Crippen molar-refractivity contribution in [2.24, 2.45) is 5.73 Å². The number of nitrogens with one attached hydrogen (secondary N) is 1. The van der Waals surface area contributed by atoms with Crippen LogP contribution in [-0.4, -0.2) is 35.5 Å². The number of amides is 1. The fraction of sp³-hybridized carbons (Fsp3) is 0.533. The van der Waals surface area contributed by atoms with E-state index in [0.29, 0.717) is 6.04 Å². The minimum absolute atomic E-state index is 0.0496. The van der Waals surface area contributed by atoms with E-state index in [1.807, 2.05) is 37.3 Å². The van der Waals surface area contributed by atoms with Gasteiger partial charge in [0.25, 0.3) is 0 Å². The van der Waals surface area contributed by atoms with Crippen LogP contribution in [0.5, 0.6) is 0 Å². The van der Waals surface area contributed by atoms with E-state index in [1.54, 1.807) is 0 Å². The van der Waals surface area contributed by atoms with Crippen LogP contribution < -0.4 is 11.1 Å². The van der Waals surface area contributed by atoms with Gasteiger partial charge in [-0.25, -0.2) is 0 Å². The third-order valence-corrected chi connectivity index (χ3v) is 3.89. The second-order valence-electron chi connectivity index (χ2n) is 5.40. The standard InChI is InChI=1S/C15H23N3O/c1-11-10-13(16)8-9-18(11)12(2)15(19)17-14-6-4-3-5-7-14/h3-7,11-13H,8-10,16H2,1-2H3,(H,17,19). The molecule has 1 heterocycles. The molecule has 0 spiro atoms. The molecule has 1 aromatic carbocycles. The lowest BCUT2D eigenvalue weighted by molar-refractivity contribution is -0.122. The van der Waals surface area contributed by atoms with Crippen LogP contribution in [0.4, 0.5) is 5.69 Å². The molecule has 1 aliphatic rings. The fourth-order valence-corrected chi connectivity index (χ4v) is 2.72. The first-order valence-electron chi connectivity index (χ1n) is 6.95. The Labute approximate surface area is 115 Å². The van der Waals surface area contributed by atoms with Crippen molar-refractivity contribution in [3.8, 4) is 0 Å². The maximum atomic E-state index is 12.3. The Bertz CT molecular complexity index is 421. The summed E-state index contributed by atoms with van der Waals surface area (Å²) in [6.45, 7) is 5.00. The number of likely N-dealkylation sites (tertiary alicyclic amines) is 1. The smallest absolute Gasteiger partial charge is 0.241 e. The van der Waals surface area contributed by atoms with Crippen LogP contribution in [0.25, 0.3) is 0 Å². The van der Waals surface area contributed by atoms with E-state index in [9.17, 15) is 4.79 Å². The van der Waals surface area contributed by atoms with E-state index in [2.05, 4.69) is 17.1 Å². The number of para-hydroxylation sites is 1. The quantitative estimate of drug-likeness (QED) is 0.872. The zero-order valence-corrected chi connectivity index (χ0v) is 11.7. The fourth-order valence-electron chi connectivity index (χ4n) is 2.72. The Balaban J connectivity index is 1.95. The topological polar surface area (TPSA) is 58.4 Å². The monoisotopic (exact) mass is 261 g/mol. The average molecular weight is 261 g/mol. The Hall–Kier alpha value is -1.39. The van der Waals surface area contributed by atoms with Gasteiger partial charge in [-0.05, 0) is 38.8 Å². The second-order valence-corrected chi connectivity index (χ2v) is 5.40. The van der Waals surface area contributed by atoms with Crippen LogP contribution in [0.3, 0.4) is 0 Å². The normalized spacial score (nSPS) is 25.8. The third-order valence-electron chi connectivity index (χ3n) is 3.89. The summed E-state index contributed by atoms with van der Waals surface area (Å²) >= 11 is 0. The van der Waals surface area contributed by atoms with Gasteiger partial charge in [0.1, 0.15) is 0 Å². The highest BCUT2D eigenvalue weighted by Crippen LogP contribution is 2.19. The van der Waals surface area contributed by atoms with Gasteiger partial charge >= 0.3 is 0 Å². The van der Waals surface area contributed by atoms with Crippen molar-refractivity contribution in [2.45, 2.75) is 44.8 Å². The highest BCUT2D eigenvalue weighted by Gasteiger charge is 2.30. The predicted octanol–water partition coefficient (Wildman–Crippen LogP) is 1.83. The lowest BCUT2D eigenvalue weighted by Crippen LogP contribution is -2.52. The summed E-state index contributed by atoms with van der Waals surface area (Å²) in [6.07, 6.45) is 1.93. The van der Waals surface area contributed by atoms with Crippen LogP contribution >= 0.6 is 0 Å². The zero-order valence-electron chi connectivity index (χ0n) is 11.7. The number of hydrogen-bond acceptors (Lipinski definition) is 3. The molecule has 0 aromatic heterocycles. The number of anilines is 1. The zero-order chi connectivity index (χ0) is 13.8. The molecule has 104 valence electrons. The van der Waals surface area contributed by atoms with Crippen molar-refractivity contribution in [2.75, 3.05) is 11.9 Å². The molecular weight excluding hydrogens is 238 g/mol. The first kappa shape index (κ1) is 14.0. The van der Waals surface area contributed by atoms with Gasteiger partial charge in [0, 0.05) is 24.3 Å². The maximum absolute atomic E-state index is 12.3. The molecule has 4 heteroatoms. The van der Waals surface area contributed by atoms with Gasteiger partial charge in [-0.1, -0.05) is 18.2 Å². The van der Waals surface area contributed by atoms with E-state index in [1.165, 1.54) is 0 Å². The molecule has 0 bridgehead atoms. The van der Waals surface area contributed by atoms with Crippen molar-refractivity contribution in [1.82, 2.24) is 4.90 Å². The van der Waals surface area contributed by atoms with Gasteiger partial charge in [0.05, 0.1) is 6.04 Å². The number of carbonyl (C=O) groups excluding carboxylic acids is 1. The number of nitrogens with zero attached hydrogens (tertiary/aromatic N) is 1. The SMILES string of the molecule is CC1CC(N)CCN1C(C)C(=O)Nc1ccccc1. The minimum atomic E-state index is -0.122. The van der Waals surface area contributed by atoms with Crippen LogP contribution in [0.1, 0.15) is 26.7 Å². The van der Waals surface area contributed by atoms with E-state index in [4.69, 9.17) is 5.73 Å². The summed E-state index contributed by atoms with van der Waals surface area (Å²) in [5.41, 5.74) is 6.81. The van der Waals surface area contributed by atoms with Crippen molar-refractivity contribution in [1.29, 1.82) is 0 Å². The van der Waals surface area contributed by atoms with Gasteiger partial charge in [-0.3, -0.25) is 9.69 Å². The Morgan fingerprint density at radius 1 is 1.42 bits per heavy atom. The molecule has 4 nitrogen and oxygen atoms in total. The molecule has 3 atom stereocenters. The van der Waals surface area contributed by atoms with Gasteiger partial charge < -0.3 is 11.1 Å². The minimum Gasteiger partial charge on any atom is -0.328 e. The van der Waals surface area contributed by atoms with Gasteiger partial charge in [0.15, 0.2) is 0 Å². The van der Waals surface area contributed by atoms with E-state index >= 15 is 0 Å². The molecule has 1 saturated heterocycles. The highest BCUT2D eigenvalue weighted by molar-refractivity contribution is 5.94. The lowest BCUT2D eigenvalue weighted by atomic mass is 9.97. The first-order chi connectivity index (χ1) is 9.08. The molecule has 3 N–H and O–H groups in total. The Morgan fingerprint density at radius 2 is 2.11 bits per heavy atom. The number of hydrogen-bond donors (Lipinski definition) is 2. The van der Waals surface area contributed by atoms with Crippen LogP contribution in [-0.2, 0) is 4.79 Å². The molecule has 2 rings (SSSR count). The highest BCUT2D eigenvalue weighted by atomic mass is 16.2. The first-order valence-corrected chi connectivity index (χ1v) is 6.95. The molecule has 0 radical (unpaired) electrons. The molecular formula is C15H23N3O. The van der Waals surface area contributed by atoms with E-state index in [-0.39, 0.29) is 18.0 Å². The second kappa shape index (κ2) is 6.17. The van der Waals surface area contributed by atoms with Crippen molar-refractivity contribution >= 4 is 11.6 Å². The molecule has 1 aliphatic heterocycles.